The van der Waals surface area contributed by atoms with E-state index in [2.05, 4.69) is 20.8 Å². The van der Waals surface area contributed by atoms with Crippen molar-refractivity contribution in [2.24, 2.45) is 28.6 Å². The minimum Gasteiger partial charge on any atom is -0.460 e. The smallest absolute Gasteiger partial charge is 0.303 e. The lowest BCUT2D eigenvalue weighted by Crippen LogP contribution is -2.62. The Balaban J connectivity index is 1.47. The van der Waals surface area contributed by atoms with Crippen LogP contribution in [0.5, 0.6) is 0 Å². The van der Waals surface area contributed by atoms with Crippen LogP contribution in [-0.2, 0) is 23.8 Å². The Hall–Kier alpha value is -1.32. The summed E-state index contributed by atoms with van der Waals surface area (Å²) < 4.78 is 18.8. The first-order chi connectivity index (χ1) is 18.3. The Kier molecular flexibility index (Phi) is 7.04. The van der Waals surface area contributed by atoms with Gasteiger partial charge in [0, 0.05) is 18.3 Å². The molecule has 0 radical (unpaired) electrons. The van der Waals surface area contributed by atoms with Gasteiger partial charge in [0.25, 0.3) is 0 Å². The number of carbonyl (C=O) groups is 2. The standard InChI is InChI=1S/C32H50O8/c1-18(33)38-27(2,3)12-11-26-31(8,40-28(4,5)39-26)25-10-14-32(37)20-15-22(34)21-16-23(35)24(36)17-29(21,6)19(20)9-13-30(25,32)7/h15,19,21,23-26,35-37H,9-14,16-17H2,1-8H3/t19-,21-,23+,24-,25-,26+,29+,30+,31+,32+/m0/s1. The molecule has 0 spiro atoms. The summed E-state index contributed by atoms with van der Waals surface area (Å²) in [5, 5.41) is 33.6. The van der Waals surface area contributed by atoms with Crippen LogP contribution in [0, 0.1) is 28.6 Å². The predicted octanol–water partition coefficient (Wildman–Crippen LogP) is 4.22. The van der Waals surface area contributed by atoms with Gasteiger partial charge in [0.05, 0.1) is 29.5 Å². The highest BCUT2D eigenvalue weighted by atomic mass is 16.8. The Labute approximate surface area is 238 Å². The fraction of sp³-hybridized carbons (Fsp3) is 0.875. The monoisotopic (exact) mass is 562 g/mol. The average Bonchev–Trinajstić information content (AvgIpc) is 3.23. The molecule has 40 heavy (non-hydrogen) atoms. The molecule has 0 unspecified atom stereocenters. The van der Waals surface area contributed by atoms with Crippen LogP contribution in [-0.4, -0.2) is 68.0 Å². The Morgan fingerprint density at radius 1 is 1.07 bits per heavy atom. The van der Waals surface area contributed by atoms with Crippen LogP contribution in [0.3, 0.4) is 0 Å². The number of fused-ring (bicyclic) bond motifs is 5. The Bertz CT molecular complexity index is 1100. The van der Waals surface area contributed by atoms with E-state index >= 15 is 0 Å². The molecule has 1 heterocycles. The SMILES string of the molecule is CC(=O)OC(C)(C)CC[C@H]1OC(C)(C)O[C@]1(C)[C@H]1CC[C@@]2(O)C3=CC(=O)[C@@H]4C[C@@H](O)[C@@H](O)C[C@]4(C)[C@H]3CC[C@]12C. The third-order valence-electron chi connectivity index (χ3n) is 11.8. The number of allylic oxidation sites excluding steroid dienone is 1. The fourth-order valence-corrected chi connectivity index (χ4v) is 9.93. The van der Waals surface area contributed by atoms with E-state index in [1.807, 2.05) is 27.7 Å². The van der Waals surface area contributed by atoms with Crippen LogP contribution in [0.2, 0.25) is 0 Å². The van der Waals surface area contributed by atoms with Crippen LogP contribution in [0.1, 0.15) is 107 Å². The summed E-state index contributed by atoms with van der Waals surface area (Å²) in [5.41, 5.74) is -2.75. The average molecular weight is 563 g/mol. The van der Waals surface area contributed by atoms with E-state index in [0.717, 1.165) is 24.8 Å². The van der Waals surface area contributed by atoms with Gasteiger partial charge in [-0.05, 0) is 115 Å². The van der Waals surface area contributed by atoms with Crippen LogP contribution in [0.15, 0.2) is 11.6 Å². The van der Waals surface area contributed by atoms with Crippen molar-refractivity contribution in [1.29, 1.82) is 0 Å². The van der Waals surface area contributed by atoms with Crippen molar-refractivity contribution in [2.45, 2.75) is 148 Å². The summed E-state index contributed by atoms with van der Waals surface area (Å²) >= 11 is 0. The zero-order valence-electron chi connectivity index (χ0n) is 25.6. The third-order valence-corrected chi connectivity index (χ3v) is 11.8. The van der Waals surface area contributed by atoms with E-state index in [0.29, 0.717) is 25.7 Å². The molecule has 0 amide bonds. The minimum absolute atomic E-state index is 0.0282. The molecule has 0 aromatic heterocycles. The third kappa shape index (κ3) is 4.43. The predicted molar refractivity (Wildman–Crippen MR) is 148 cm³/mol. The van der Waals surface area contributed by atoms with Gasteiger partial charge in [-0.1, -0.05) is 13.8 Å². The molecule has 8 nitrogen and oxygen atoms in total. The second-order valence-corrected chi connectivity index (χ2v) is 15.3. The van der Waals surface area contributed by atoms with E-state index in [1.165, 1.54) is 6.92 Å². The van der Waals surface area contributed by atoms with Crippen LogP contribution >= 0.6 is 0 Å². The van der Waals surface area contributed by atoms with E-state index in [9.17, 15) is 24.9 Å². The number of rotatable bonds is 5. The second kappa shape index (κ2) is 9.34. The van der Waals surface area contributed by atoms with Crippen molar-refractivity contribution in [3.8, 4) is 0 Å². The van der Waals surface area contributed by atoms with Crippen molar-refractivity contribution < 1.29 is 39.1 Å². The van der Waals surface area contributed by atoms with Crippen LogP contribution < -0.4 is 0 Å². The maximum atomic E-state index is 13.5. The van der Waals surface area contributed by atoms with E-state index in [4.69, 9.17) is 14.2 Å². The van der Waals surface area contributed by atoms with Crippen molar-refractivity contribution in [3.05, 3.63) is 11.6 Å². The molecule has 1 saturated heterocycles. The quantitative estimate of drug-likeness (QED) is 0.426. The first-order valence-electron chi connectivity index (χ1n) is 15.2. The maximum absolute atomic E-state index is 13.5. The number of hydrogen-bond acceptors (Lipinski definition) is 8. The number of aliphatic hydroxyl groups excluding tert-OH is 2. The lowest BCUT2D eigenvalue weighted by Gasteiger charge is -2.60. The van der Waals surface area contributed by atoms with Gasteiger partial charge >= 0.3 is 5.97 Å². The lowest BCUT2D eigenvalue weighted by molar-refractivity contribution is -0.191. The molecule has 8 heteroatoms. The summed E-state index contributed by atoms with van der Waals surface area (Å²) in [4.78, 5) is 25.2. The van der Waals surface area contributed by atoms with Crippen molar-refractivity contribution in [1.82, 2.24) is 0 Å². The van der Waals surface area contributed by atoms with Gasteiger partial charge in [0.1, 0.15) is 5.60 Å². The van der Waals surface area contributed by atoms with Gasteiger partial charge < -0.3 is 29.5 Å². The number of ketones is 1. The molecule has 3 N–H and O–H groups in total. The number of hydrogen-bond donors (Lipinski definition) is 3. The van der Waals surface area contributed by atoms with Gasteiger partial charge in [-0.15, -0.1) is 0 Å². The van der Waals surface area contributed by atoms with Crippen LogP contribution in [0.25, 0.3) is 0 Å². The highest BCUT2D eigenvalue weighted by Crippen LogP contribution is 2.69. The van der Waals surface area contributed by atoms with Gasteiger partial charge in [-0.3, -0.25) is 9.59 Å². The molecular weight excluding hydrogens is 512 g/mol. The van der Waals surface area contributed by atoms with Crippen LogP contribution in [0.4, 0.5) is 0 Å². The number of aliphatic hydroxyl groups is 3. The van der Waals surface area contributed by atoms with Gasteiger partial charge in [0.15, 0.2) is 11.6 Å². The van der Waals surface area contributed by atoms with Crippen molar-refractivity contribution >= 4 is 11.8 Å². The highest BCUT2D eigenvalue weighted by Gasteiger charge is 2.71. The molecule has 10 atom stereocenters. The second-order valence-electron chi connectivity index (χ2n) is 15.3. The summed E-state index contributed by atoms with van der Waals surface area (Å²) in [6.07, 6.45) is 4.34. The first kappa shape index (κ1) is 30.1. The number of esters is 1. The molecule has 5 aliphatic rings. The fourth-order valence-electron chi connectivity index (χ4n) is 9.93. The minimum atomic E-state index is -1.17. The zero-order chi connectivity index (χ0) is 29.7. The first-order valence-corrected chi connectivity index (χ1v) is 15.2. The molecule has 4 fully saturated rings. The summed E-state index contributed by atoms with van der Waals surface area (Å²) in [5.74, 6) is -1.57. The summed E-state index contributed by atoms with van der Waals surface area (Å²) in [7, 11) is 0. The molecule has 0 aromatic rings. The molecule has 1 aliphatic heterocycles. The Morgan fingerprint density at radius 3 is 2.40 bits per heavy atom. The molecule has 226 valence electrons. The van der Waals surface area contributed by atoms with Gasteiger partial charge in [-0.25, -0.2) is 0 Å². The summed E-state index contributed by atoms with van der Waals surface area (Å²) in [6.45, 7) is 15.4. The molecular formula is C32H50O8. The van der Waals surface area contributed by atoms with E-state index in [-0.39, 0.29) is 42.0 Å². The lowest BCUT2D eigenvalue weighted by atomic mass is 9.45. The zero-order valence-corrected chi connectivity index (χ0v) is 25.6. The highest BCUT2D eigenvalue weighted by molar-refractivity contribution is 5.95. The maximum Gasteiger partial charge on any atom is 0.303 e. The van der Waals surface area contributed by atoms with Gasteiger partial charge in [0.2, 0.25) is 0 Å². The molecule has 0 aromatic carbocycles. The molecule has 5 rings (SSSR count). The number of carbonyl (C=O) groups excluding carboxylic acids is 2. The van der Waals surface area contributed by atoms with E-state index in [1.54, 1.807) is 6.08 Å². The summed E-state index contributed by atoms with van der Waals surface area (Å²) in [6, 6.07) is 0. The molecule has 4 aliphatic carbocycles. The van der Waals surface area contributed by atoms with E-state index < -0.39 is 45.6 Å². The normalized spacial score (nSPS) is 48.2. The topological polar surface area (TPSA) is 123 Å². The molecule has 3 saturated carbocycles. The van der Waals surface area contributed by atoms with Crippen molar-refractivity contribution in [2.75, 3.05) is 0 Å². The Morgan fingerprint density at radius 2 is 1.75 bits per heavy atom. The van der Waals surface area contributed by atoms with Crippen molar-refractivity contribution in [3.63, 3.8) is 0 Å². The largest absolute Gasteiger partial charge is 0.460 e. The molecule has 0 bridgehead atoms. The van der Waals surface area contributed by atoms with Gasteiger partial charge in [-0.2, -0.15) is 0 Å². The number of ether oxygens (including phenoxy) is 3.